The van der Waals surface area contributed by atoms with Crippen molar-refractivity contribution in [2.75, 3.05) is 18.9 Å². The molecule has 0 saturated carbocycles. The molecule has 3 aliphatic heterocycles. The van der Waals surface area contributed by atoms with E-state index in [9.17, 15) is 23.7 Å². The molecule has 19 nitrogen and oxygen atoms in total. The Hall–Kier alpha value is -3.12. The van der Waals surface area contributed by atoms with Crippen molar-refractivity contribution in [1.82, 2.24) is 39.0 Å². The third-order valence-electron chi connectivity index (χ3n) is 7.27. The van der Waals surface area contributed by atoms with Gasteiger partial charge in [0.15, 0.2) is 22.6 Å². The topological polar surface area (TPSA) is 254 Å². The molecule has 4 aromatic rings. The number of ether oxygens (including phenoxy) is 2. The summed E-state index contributed by atoms with van der Waals surface area (Å²) in [6.45, 7) is -1.01. The van der Waals surface area contributed by atoms with Gasteiger partial charge >= 0.3 is 15.4 Å². The van der Waals surface area contributed by atoms with Crippen molar-refractivity contribution in [2.45, 2.75) is 49.3 Å². The minimum absolute atomic E-state index is 0.0400. The van der Waals surface area contributed by atoms with Gasteiger partial charge in [0.05, 0.1) is 44.0 Å². The Morgan fingerprint density at radius 1 is 0.878 bits per heavy atom. The molecule has 6 unspecified atom stereocenters. The van der Waals surface area contributed by atoms with Crippen LogP contribution in [-0.4, -0.2) is 86.0 Å². The summed E-state index contributed by atoms with van der Waals surface area (Å²) in [6.07, 6.45) is 0.250. The van der Waals surface area contributed by atoms with Crippen molar-refractivity contribution in [1.29, 1.82) is 0 Å². The van der Waals surface area contributed by atoms with Gasteiger partial charge in [0.1, 0.15) is 36.5 Å². The largest absolute Gasteiger partial charge is 0.472 e. The summed E-state index contributed by atoms with van der Waals surface area (Å²) in [7, 11) is -9.15. The van der Waals surface area contributed by atoms with Crippen LogP contribution in [0.25, 0.3) is 22.3 Å². The van der Waals surface area contributed by atoms with E-state index in [1.807, 2.05) is 0 Å². The van der Waals surface area contributed by atoms with Gasteiger partial charge in [-0.1, -0.05) is 0 Å². The highest BCUT2D eigenvalue weighted by atomic mass is 31.2. The Kier molecular flexibility index (Phi) is 6.35. The fourth-order valence-corrected chi connectivity index (χ4v) is 7.85. The van der Waals surface area contributed by atoms with E-state index >= 15 is 0 Å². The molecule has 0 spiro atoms. The predicted molar refractivity (Wildman–Crippen MR) is 135 cm³/mol. The molecule has 5 N–H and O–H groups in total. The number of aromatic nitrogens is 8. The zero-order valence-electron chi connectivity index (χ0n) is 20.9. The second kappa shape index (κ2) is 9.72. The molecule has 0 radical (unpaired) electrons. The van der Waals surface area contributed by atoms with Gasteiger partial charge in [-0.05, 0) is 0 Å². The van der Waals surface area contributed by atoms with Crippen molar-refractivity contribution in [3.63, 3.8) is 0 Å². The lowest BCUT2D eigenvalue weighted by molar-refractivity contribution is -0.0418. The number of fused-ring (bicyclic) bond motifs is 4. The Morgan fingerprint density at radius 3 is 2.37 bits per heavy atom. The van der Waals surface area contributed by atoms with E-state index in [1.165, 1.54) is 29.9 Å². The molecule has 0 aliphatic carbocycles. The van der Waals surface area contributed by atoms with E-state index in [-0.39, 0.29) is 29.8 Å². The zero-order chi connectivity index (χ0) is 28.5. The maximum absolute atomic E-state index is 13.5. The van der Waals surface area contributed by atoms with Gasteiger partial charge in [0.25, 0.3) is 5.56 Å². The summed E-state index contributed by atoms with van der Waals surface area (Å²) in [4.78, 5) is 56.5. The Balaban J connectivity index is 1.16. The van der Waals surface area contributed by atoms with Gasteiger partial charge in [-0.15, -0.1) is 0 Å². The van der Waals surface area contributed by atoms with E-state index in [4.69, 9.17) is 28.8 Å². The molecule has 7 heterocycles. The fraction of sp³-hybridized carbons (Fsp3) is 0.500. The molecule has 0 amide bonds. The number of nitrogens with one attached hydrogen (secondary N) is 1. The first-order valence-electron chi connectivity index (χ1n) is 12.4. The van der Waals surface area contributed by atoms with Crippen LogP contribution < -0.4 is 11.3 Å². The van der Waals surface area contributed by atoms with Crippen molar-refractivity contribution < 1.29 is 42.0 Å². The number of H-pyrrole nitrogens is 1. The van der Waals surface area contributed by atoms with Crippen LogP contribution in [0.15, 0.2) is 30.1 Å². The van der Waals surface area contributed by atoms with Crippen LogP contribution in [0.1, 0.15) is 25.3 Å². The molecule has 21 heteroatoms. The van der Waals surface area contributed by atoms with Crippen molar-refractivity contribution in [2.24, 2.45) is 0 Å². The van der Waals surface area contributed by atoms with Gasteiger partial charge in [-0.2, -0.15) is 0 Å². The molecule has 41 heavy (non-hydrogen) atoms. The molecule has 8 atom stereocenters. The summed E-state index contributed by atoms with van der Waals surface area (Å²) in [5.74, 6) is 0.161. The summed E-state index contributed by atoms with van der Waals surface area (Å²) in [5, 5.41) is 0. The Bertz CT molecular complexity index is 1790. The number of nitrogens with zero attached hydrogens (tertiary/aromatic N) is 7. The molecule has 3 fully saturated rings. The molecule has 7 rings (SSSR count). The SMILES string of the molecule is Nc1ncnc2c1ncn2C1C[C@@H]2OP(=O)(O)OCC3OC(n4cnc5c(=O)[nH]cnc54)C[C@@H]3P(=O)(O)OCC2O1. The number of nitrogens with two attached hydrogens (primary N) is 1. The summed E-state index contributed by atoms with van der Waals surface area (Å²) >= 11 is 0. The first kappa shape index (κ1) is 26.8. The molecule has 3 aliphatic rings. The van der Waals surface area contributed by atoms with Gasteiger partial charge in [0, 0.05) is 12.8 Å². The first-order valence-corrected chi connectivity index (χ1v) is 15.5. The van der Waals surface area contributed by atoms with Crippen LogP contribution in [0.4, 0.5) is 5.82 Å². The van der Waals surface area contributed by atoms with E-state index in [0.717, 1.165) is 0 Å². The molecule has 4 aromatic heterocycles. The Labute approximate surface area is 228 Å². The number of imidazole rings is 2. The van der Waals surface area contributed by atoms with Gasteiger partial charge in [-0.25, -0.2) is 29.5 Å². The van der Waals surface area contributed by atoms with Crippen LogP contribution >= 0.6 is 15.4 Å². The van der Waals surface area contributed by atoms with Gasteiger partial charge < -0.3 is 34.5 Å². The number of nitrogen functional groups attached to an aromatic ring is 1. The maximum atomic E-state index is 13.5. The quantitative estimate of drug-likeness (QED) is 0.221. The number of rotatable bonds is 2. The highest BCUT2D eigenvalue weighted by Crippen LogP contribution is 2.58. The first-order chi connectivity index (χ1) is 19.6. The monoisotopic (exact) mass is 611 g/mol. The highest BCUT2D eigenvalue weighted by molar-refractivity contribution is 7.53. The third-order valence-corrected chi connectivity index (χ3v) is 10.2. The number of anilines is 1. The third kappa shape index (κ3) is 4.68. The molecule has 0 bridgehead atoms. The summed E-state index contributed by atoms with van der Waals surface area (Å²) in [5.41, 5.74) is 5.18. The van der Waals surface area contributed by atoms with Crippen molar-refractivity contribution in [3.05, 3.63) is 35.7 Å². The smallest absolute Gasteiger partial charge is 0.382 e. The number of hydrogen-bond donors (Lipinski definition) is 4. The minimum Gasteiger partial charge on any atom is -0.382 e. The van der Waals surface area contributed by atoms with E-state index < -0.39 is 70.6 Å². The molecule has 3 saturated heterocycles. The second-order valence-electron chi connectivity index (χ2n) is 9.70. The minimum atomic E-state index is -4.70. The van der Waals surface area contributed by atoms with E-state index in [1.54, 1.807) is 4.57 Å². The van der Waals surface area contributed by atoms with Crippen LogP contribution in [0.3, 0.4) is 0 Å². The second-order valence-corrected chi connectivity index (χ2v) is 13.2. The molecular weight excluding hydrogens is 588 g/mol. The average Bonchev–Trinajstić information content (AvgIpc) is 3.70. The average molecular weight is 611 g/mol. The maximum Gasteiger partial charge on any atom is 0.472 e. The van der Waals surface area contributed by atoms with Gasteiger partial charge in [-0.3, -0.25) is 27.5 Å². The lowest BCUT2D eigenvalue weighted by atomic mass is 10.2. The van der Waals surface area contributed by atoms with Crippen LogP contribution in [0.2, 0.25) is 0 Å². The normalized spacial score (nSPS) is 36.2. The molecular formula is C20H23N9O10P2. The number of aromatic amines is 1. The summed E-state index contributed by atoms with van der Waals surface area (Å²) < 4.78 is 57.7. The predicted octanol–water partition coefficient (Wildman–Crippen LogP) is 0.203. The lowest BCUT2D eigenvalue weighted by Gasteiger charge is -2.23. The van der Waals surface area contributed by atoms with Crippen LogP contribution in [-0.2, 0) is 32.2 Å². The molecule has 0 aromatic carbocycles. The van der Waals surface area contributed by atoms with E-state index in [2.05, 4.69) is 29.9 Å². The summed E-state index contributed by atoms with van der Waals surface area (Å²) in [6, 6.07) is 0. The van der Waals surface area contributed by atoms with Gasteiger partial charge in [0.2, 0.25) is 0 Å². The van der Waals surface area contributed by atoms with Crippen molar-refractivity contribution in [3.8, 4) is 0 Å². The molecule has 218 valence electrons. The zero-order valence-corrected chi connectivity index (χ0v) is 22.7. The van der Waals surface area contributed by atoms with Crippen LogP contribution in [0, 0.1) is 0 Å². The standard InChI is InChI=1S/C20H23N9O10P2/c21-17-15-18(23-5-22-17)28(7-26-15)13-1-9-10(37-13)3-35-40(31,32)12-2-14(38-11(12)4-36-41(33,34)39-9)29-8-27-16-19(29)24-6-25-20(16)30/h5-14H,1-4H2,(H,31,32)(H,33,34)(H2,21,22,23)(H,24,25,30)/t9-,10?,11?,12-,13?,14?/m0/s1. The van der Waals surface area contributed by atoms with Crippen molar-refractivity contribution >= 4 is 43.6 Å². The van der Waals surface area contributed by atoms with Crippen LogP contribution in [0.5, 0.6) is 0 Å². The highest BCUT2D eigenvalue weighted by Gasteiger charge is 2.51. The number of phosphoric ester groups is 1. The lowest BCUT2D eigenvalue weighted by Crippen LogP contribution is -2.29. The fourth-order valence-electron chi connectivity index (χ4n) is 5.31. The van der Waals surface area contributed by atoms with E-state index in [0.29, 0.717) is 11.2 Å². The number of hydrogen-bond acceptors (Lipinski definition) is 14. The Morgan fingerprint density at radius 2 is 1.56 bits per heavy atom. The number of phosphoric acid groups is 1.